The summed E-state index contributed by atoms with van der Waals surface area (Å²) in [6.45, 7) is 6.00. The molecule has 0 saturated carbocycles. The molecule has 1 fully saturated rings. The molecule has 2 N–H and O–H groups in total. The zero-order chi connectivity index (χ0) is 24.0. The maximum Gasteiger partial charge on any atom is 0.276 e. The molecule has 0 aliphatic carbocycles. The number of amides is 1. The van der Waals surface area contributed by atoms with Crippen molar-refractivity contribution in [3.05, 3.63) is 76.3 Å². The standard InChI is InChI=1S/C24H22F2N6O2/c1-24(2)10-11-31(13-24)21-14-12-27-29-17(14)6-7-18(21)28-23(34)19-8-9-20(33)32(30-19)22-15(25)4-3-5-16(22)26/h3-9,12H,10-11,13H2,1-2H3,(H,27,29)(H,28,34). The summed E-state index contributed by atoms with van der Waals surface area (Å²) in [6, 6.07) is 9.08. The highest BCUT2D eigenvalue weighted by Crippen LogP contribution is 2.40. The predicted molar refractivity (Wildman–Crippen MR) is 124 cm³/mol. The molecule has 1 aliphatic heterocycles. The number of benzene rings is 2. The summed E-state index contributed by atoms with van der Waals surface area (Å²) in [5, 5.41) is 14.7. The van der Waals surface area contributed by atoms with Gasteiger partial charge < -0.3 is 10.2 Å². The highest BCUT2D eigenvalue weighted by Gasteiger charge is 2.32. The molecule has 1 saturated heterocycles. The molecule has 8 nitrogen and oxygen atoms in total. The maximum atomic E-state index is 14.2. The van der Waals surface area contributed by atoms with Crippen LogP contribution < -0.4 is 15.8 Å². The minimum absolute atomic E-state index is 0.119. The summed E-state index contributed by atoms with van der Waals surface area (Å²) < 4.78 is 29.1. The van der Waals surface area contributed by atoms with Crippen LogP contribution in [0.2, 0.25) is 0 Å². The van der Waals surface area contributed by atoms with Crippen LogP contribution in [0.3, 0.4) is 0 Å². The number of fused-ring (bicyclic) bond motifs is 1. The molecule has 0 bridgehead atoms. The first-order chi connectivity index (χ1) is 16.2. The van der Waals surface area contributed by atoms with Crippen molar-refractivity contribution in [2.24, 2.45) is 5.41 Å². The number of halogens is 2. The number of nitrogens with zero attached hydrogens (tertiary/aromatic N) is 4. The normalized spacial score (nSPS) is 15.1. The number of carbonyl (C=O) groups excluding carboxylic acids is 1. The molecule has 34 heavy (non-hydrogen) atoms. The Balaban J connectivity index is 1.53. The predicted octanol–water partition coefficient (Wildman–Crippen LogP) is 3.88. The number of hydrogen-bond acceptors (Lipinski definition) is 5. The Labute approximate surface area is 193 Å². The van der Waals surface area contributed by atoms with E-state index in [2.05, 4.69) is 39.4 Å². The molecular weight excluding hydrogens is 442 g/mol. The second-order valence-electron chi connectivity index (χ2n) is 9.12. The molecular formula is C24H22F2N6O2. The molecule has 174 valence electrons. The van der Waals surface area contributed by atoms with Gasteiger partial charge in [-0.15, -0.1) is 0 Å². The van der Waals surface area contributed by atoms with E-state index >= 15 is 0 Å². The van der Waals surface area contributed by atoms with E-state index < -0.39 is 28.8 Å². The lowest BCUT2D eigenvalue weighted by atomic mass is 9.93. The fraction of sp³-hybridized carbons (Fsp3) is 0.250. The zero-order valence-electron chi connectivity index (χ0n) is 18.6. The lowest BCUT2D eigenvalue weighted by molar-refractivity contribution is 0.102. The quantitative estimate of drug-likeness (QED) is 0.478. The van der Waals surface area contributed by atoms with E-state index in [0.717, 1.165) is 54.3 Å². The topological polar surface area (TPSA) is 95.9 Å². The maximum absolute atomic E-state index is 14.2. The first-order valence-electron chi connectivity index (χ1n) is 10.8. The minimum Gasteiger partial charge on any atom is -0.369 e. The summed E-state index contributed by atoms with van der Waals surface area (Å²) in [4.78, 5) is 27.6. The fourth-order valence-corrected chi connectivity index (χ4v) is 4.32. The number of aromatic amines is 1. The third-order valence-corrected chi connectivity index (χ3v) is 6.02. The molecule has 4 aromatic rings. The van der Waals surface area contributed by atoms with Crippen molar-refractivity contribution in [1.82, 2.24) is 20.0 Å². The highest BCUT2D eigenvalue weighted by molar-refractivity contribution is 6.08. The van der Waals surface area contributed by atoms with Gasteiger partial charge in [-0.05, 0) is 42.2 Å². The third kappa shape index (κ3) is 3.81. The number of anilines is 2. The first-order valence-corrected chi connectivity index (χ1v) is 10.8. The van der Waals surface area contributed by atoms with Crippen molar-refractivity contribution >= 4 is 28.2 Å². The molecule has 2 aromatic heterocycles. The van der Waals surface area contributed by atoms with Crippen LogP contribution in [0, 0.1) is 17.0 Å². The first kappa shape index (κ1) is 21.7. The summed E-state index contributed by atoms with van der Waals surface area (Å²) >= 11 is 0. The smallest absolute Gasteiger partial charge is 0.276 e. The van der Waals surface area contributed by atoms with Gasteiger partial charge in [0.25, 0.3) is 11.5 Å². The Morgan fingerprint density at radius 2 is 1.85 bits per heavy atom. The van der Waals surface area contributed by atoms with Gasteiger partial charge >= 0.3 is 0 Å². The van der Waals surface area contributed by atoms with E-state index in [4.69, 9.17) is 0 Å². The van der Waals surface area contributed by atoms with Crippen LogP contribution in [0.4, 0.5) is 20.2 Å². The van der Waals surface area contributed by atoms with Crippen molar-refractivity contribution < 1.29 is 13.6 Å². The van der Waals surface area contributed by atoms with Gasteiger partial charge in [0.15, 0.2) is 11.6 Å². The largest absolute Gasteiger partial charge is 0.369 e. The average Bonchev–Trinajstić information content (AvgIpc) is 3.40. The van der Waals surface area contributed by atoms with Crippen LogP contribution >= 0.6 is 0 Å². The Hall–Kier alpha value is -4.08. The van der Waals surface area contributed by atoms with E-state index in [0.29, 0.717) is 10.4 Å². The second-order valence-corrected chi connectivity index (χ2v) is 9.12. The molecule has 0 radical (unpaired) electrons. The Morgan fingerprint density at radius 3 is 2.56 bits per heavy atom. The fourth-order valence-electron chi connectivity index (χ4n) is 4.32. The van der Waals surface area contributed by atoms with E-state index in [9.17, 15) is 18.4 Å². The zero-order valence-corrected chi connectivity index (χ0v) is 18.6. The molecule has 10 heteroatoms. The number of nitrogens with one attached hydrogen (secondary N) is 2. The molecule has 1 amide bonds. The molecule has 3 heterocycles. The number of rotatable bonds is 4. The van der Waals surface area contributed by atoms with Crippen LogP contribution in [-0.4, -0.2) is 39.0 Å². The van der Waals surface area contributed by atoms with E-state index in [-0.39, 0.29) is 11.1 Å². The third-order valence-electron chi connectivity index (χ3n) is 6.02. The molecule has 5 rings (SSSR count). The number of carbonyl (C=O) groups is 1. The van der Waals surface area contributed by atoms with Gasteiger partial charge in [-0.3, -0.25) is 14.7 Å². The van der Waals surface area contributed by atoms with Crippen molar-refractivity contribution in [1.29, 1.82) is 0 Å². The van der Waals surface area contributed by atoms with Gasteiger partial charge in [0.05, 0.1) is 23.1 Å². The van der Waals surface area contributed by atoms with Crippen LogP contribution in [0.5, 0.6) is 0 Å². The Bertz CT molecular complexity index is 1460. The number of para-hydroxylation sites is 1. The van der Waals surface area contributed by atoms with Crippen molar-refractivity contribution in [2.45, 2.75) is 20.3 Å². The van der Waals surface area contributed by atoms with Gasteiger partial charge in [-0.2, -0.15) is 14.9 Å². The van der Waals surface area contributed by atoms with Crippen LogP contribution in [0.25, 0.3) is 16.6 Å². The summed E-state index contributed by atoms with van der Waals surface area (Å²) in [5.74, 6) is -2.54. The Morgan fingerprint density at radius 1 is 1.09 bits per heavy atom. The van der Waals surface area contributed by atoms with E-state index in [1.165, 1.54) is 12.1 Å². The molecule has 0 atom stereocenters. The monoisotopic (exact) mass is 464 g/mol. The molecule has 0 unspecified atom stereocenters. The van der Waals surface area contributed by atoms with Gasteiger partial charge in [0, 0.05) is 24.5 Å². The molecule has 0 spiro atoms. The van der Waals surface area contributed by atoms with Crippen molar-refractivity contribution in [2.75, 3.05) is 23.3 Å². The molecule has 1 aliphatic rings. The lowest BCUT2D eigenvalue weighted by Crippen LogP contribution is -2.27. The van der Waals surface area contributed by atoms with Gasteiger partial charge in [-0.25, -0.2) is 8.78 Å². The average molecular weight is 464 g/mol. The lowest BCUT2D eigenvalue weighted by Gasteiger charge is -2.25. The highest BCUT2D eigenvalue weighted by atomic mass is 19.1. The summed E-state index contributed by atoms with van der Waals surface area (Å²) in [6.07, 6.45) is 2.71. The second kappa shape index (κ2) is 8.05. The minimum atomic E-state index is -0.962. The van der Waals surface area contributed by atoms with Gasteiger partial charge in [0.1, 0.15) is 11.4 Å². The van der Waals surface area contributed by atoms with E-state index in [1.54, 1.807) is 12.3 Å². The molecule has 2 aromatic carbocycles. The summed E-state index contributed by atoms with van der Waals surface area (Å²) in [7, 11) is 0. The van der Waals surface area contributed by atoms with Crippen molar-refractivity contribution in [3.63, 3.8) is 0 Å². The van der Waals surface area contributed by atoms with Crippen molar-refractivity contribution in [3.8, 4) is 5.69 Å². The van der Waals surface area contributed by atoms with Crippen LogP contribution in [0.15, 0.2) is 53.5 Å². The SMILES string of the molecule is CC1(C)CCN(c2c(NC(=O)c3ccc(=O)n(-c4c(F)cccc4F)n3)ccc3[nH]ncc23)C1. The Kier molecular flexibility index (Phi) is 5.15. The van der Waals surface area contributed by atoms with Crippen LogP contribution in [-0.2, 0) is 0 Å². The number of hydrogen-bond donors (Lipinski definition) is 2. The van der Waals surface area contributed by atoms with Crippen LogP contribution in [0.1, 0.15) is 30.8 Å². The van der Waals surface area contributed by atoms with Gasteiger partial charge in [-0.1, -0.05) is 19.9 Å². The van der Waals surface area contributed by atoms with Gasteiger partial charge in [0.2, 0.25) is 0 Å². The summed E-state index contributed by atoms with van der Waals surface area (Å²) in [5.41, 5.74) is 0.768. The number of H-pyrrole nitrogens is 1. The van der Waals surface area contributed by atoms with E-state index in [1.807, 2.05) is 6.07 Å². The number of aromatic nitrogens is 4.